The number of benzene rings is 1. The van der Waals surface area contributed by atoms with Crippen molar-refractivity contribution < 1.29 is 9.53 Å². The normalized spacial score (nSPS) is 11.5. The quantitative estimate of drug-likeness (QED) is 0.498. The van der Waals surface area contributed by atoms with Crippen LogP contribution in [-0.2, 0) is 9.53 Å². The van der Waals surface area contributed by atoms with E-state index in [0.717, 1.165) is 16.7 Å². The third-order valence-corrected chi connectivity index (χ3v) is 2.02. The second-order valence-corrected chi connectivity index (χ2v) is 3.49. The molecule has 1 heterocycles. The number of esters is 1. The Balaban J connectivity index is 0.000000185. The van der Waals surface area contributed by atoms with Crippen LogP contribution in [0.5, 0.6) is 0 Å². The number of ether oxygens (including phenoxy) is 1. The molecule has 92 valence electrons. The van der Waals surface area contributed by atoms with Crippen molar-refractivity contribution in [3.8, 4) is 0 Å². The number of carbonyl (C=O) groups excluding carboxylic acids is 1. The average molecular weight is 236 g/mol. The molecule has 0 radical (unpaired) electrons. The molecular weight excluding hydrogens is 220 g/mol. The molecule has 6 nitrogen and oxygen atoms in total. The van der Waals surface area contributed by atoms with Crippen molar-refractivity contribution in [3.63, 3.8) is 0 Å². The van der Waals surface area contributed by atoms with E-state index in [9.17, 15) is 4.79 Å². The maximum atomic E-state index is 10.2. The van der Waals surface area contributed by atoms with Crippen molar-refractivity contribution in [3.05, 3.63) is 24.5 Å². The predicted molar refractivity (Wildman–Crippen MR) is 66.2 cm³/mol. The SMILES string of the molecule is COC(=O)C(C)N.Nc1ccc2[nH]cnc2c1. The minimum Gasteiger partial charge on any atom is -0.468 e. The van der Waals surface area contributed by atoms with Crippen LogP contribution in [0.15, 0.2) is 24.5 Å². The number of hydrogen-bond acceptors (Lipinski definition) is 5. The number of rotatable bonds is 1. The van der Waals surface area contributed by atoms with Gasteiger partial charge in [-0.15, -0.1) is 0 Å². The van der Waals surface area contributed by atoms with E-state index in [2.05, 4.69) is 14.7 Å². The molecule has 2 rings (SSSR count). The third kappa shape index (κ3) is 3.76. The highest BCUT2D eigenvalue weighted by atomic mass is 16.5. The number of nitrogens with one attached hydrogen (secondary N) is 1. The molecule has 0 saturated carbocycles. The predicted octanol–water partition coefficient (Wildman–Crippen LogP) is 0.652. The molecule has 0 spiro atoms. The first-order valence-corrected chi connectivity index (χ1v) is 5.06. The number of aromatic amines is 1. The fraction of sp³-hybridized carbons (Fsp3) is 0.273. The third-order valence-electron chi connectivity index (χ3n) is 2.02. The van der Waals surface area contributed by atoms with Gasteiger partial charge in [0.05, 0.1) is 24.5 Å². The van der Waals surface area contributed by atoms with Gasteiger partial charge in [-0.2, -0.15) is 0 Å². The molecule has 0 fully saturated rings. The van der Waals surface area contributed by atoms with Crippen LogP contribution < -0.4 is 11.5 Å². The van der Waals surface area contributed by atoms with Gasteiger partial charge in [-0.3, -0.25) is 4.79 Å². The topological polar surface area (TPSA) is 107 Å². The Bertz CT molecular complexity index is 493. The zero-order valence-electron chi connectivity index (χ0n) is 9.81. The van der Waals surface area contributed by atoms with Crippen molar-refractivity contribution in [1.82, 2.24) is 9.97 Å². The highest BCUT2D eigenvalue weighted by molar-refractivity contribution is 5.77. The van der Waals surface area contributed by atoms with Gasteiger partial charge in [-0.25, -0.2) is 4.98 Å². The summed E-state index contributed by atoms with van der Waals surface area (Å²) in [5.41, 5.74) is 13.3. The molecule has 1 atom stereocenters. The van der Waals surface area contributed by atoms with E-state index in [1.807, 2.05) is 18.2 Å². The molecule has 1 aromatic heterocycles. The van der Waals surface area contributed by atoms with Crippen molar-refractivity contribution in [1.29, 1.82) is 0 Å². The first kappa shape index (κ1) is 13.0. The Labute approximate surface area is 99.0 Å². The van der Waals surface area contributed by atoms with Gasteiger partial charge < -0.3 is 21.2 Å². The van der Waals surface area contributed by atoms with Gasteiger partial charge in [0.25, 0.3) is 0 Å². The van der Waals surface area contributed by atoms with Gasteiger partial charge in [0.1, 0.15) is 6.04 Å². The number of nitrogens with two attached hydrogens (primary N) is 2. The van der Waals surface area contributed by atoms with Crippen LogP contribution in [0, 0.1) is 0 Å². The lowest BCUT2D eigenvalue weighted by Gasteiger charge is -1.98. The van der Waals surface area contributed by atoms with Crippen molar-refractivity contribution in [2.24, 2.45) is 5.73 Å². The second kappa shape index (κ2) is 5.86. The largest absolute Gasteiger partial charge is 0.468 e. The van der Waals surface area contributed by atoms with Gasteiger partial charge in [-0.05, 0) is 25.1 Å². The standard InChI is InChI=1S/C7H7N3.C4H9NO2/c8-5-1-2-6-7(3-5)10-4-9-6;1-3(5)4(6)7-2/h1-4H,8H2,(H,9,10);3H,5H2,1-2H3. The van der Waals surface area contributed by atoms with Crippen LogP contribution in [0.4, 0.5) is 5.69 Å². The number of carbonyl (C=O) groups is 1. The van der Waals surface area contributed by atoms with E-state index in [1.54, 1.807) is 13.3 Å². The summed E-state index contributed by atoms with van der Waals surface area (Å²) >= 11 is 0. The lowest BCUT2D eigenvalue weighted by Crippen LogP contribution is -2.27. The maximum absolute atomic E-state index is 10.2. The Morgan fingerprint density at radius 3 is 2.76 bits per heavy atom. The van der Waals surface area contributed by atoms with E-state index < -0.39 is 6.04 Å². The van der Waals surface area contributed by atoms with Gasteiger partial charge in [0.2, 0.25) is 0 Å². The van der Waals surface area contributed by atoms with Gasteiger partial charge >= 0.3 is 5.97 Å². The van der Waals surface area contributed by atoms with E-state index in [1.165, 1.54) is 7.11 Å². The molecule has 5 N–H and O–H groups in total. The Morgan fingerprint density at radius 2 is 2.24 bits per heavy atom. The Kier molecular flexibility index (Phi) is 4.47. The van der Waals surface area contributed by atoms with E-state index in [-0.39, 0.29) is 5.97 Å². The van der Waals surface area contributed by atoms with E-state index in [0.29, 0.717) is 0 Å². The minimum atomic E-state index is -0.495. The zero-order valence-corrected chi connectivity index (χ0v) is 9.81. The molecule has 1 aromatic carbocycles. The molecule has 6 heteroatoms. The summed E-state index contributed by atoms with van der Waals surface area (Å²) in [6.45, 7) is 1.58. The highest BCUT2D eigenvalue weighted by Crippen LogP contribution is 2.11. The average Bonchev–Trinajstić information content (AvgIpc) is 2.75. The van der Waals surface area contributed by atoms with E-state index >= 15 is 0 Å². The smallest absolute Gasteiger partial charge is 0.322 e. The van der Waals surface area contributed by atoms with Crippen molar-refractivity contribution >= 4 is 22.7 Å². The summed E-state index contributed by atoms with van der Waals surface area (Å²) in [6.07, 6.45) is 1.66. The molecule has 0 saturated heterocycles. The molecule has 0 aliphatic heterocycles. The zero-order chi connectivity index (χ0) is 12.8. The summed E-state index contributed by atoms with van der Waals surface area (Å²) in [5.74, 6) is -0.375. The number of methoxy groups -OCH3 is 1. The van der Waals surface area contributed by atoms with Gasteiger partial charge in [-0.1, -0.05) is 0 Å². The number of fused-ring (bicyclic) bond motifs is 1. The van der Waals surface area contributed by atoms with Crippen LogP contribution in [0.25, 0.3) is 11.0 Å². The molecule has 17 heavy (non-hydrogen) atoms. The highest BCUT2D eigenvalue weighted by Gasteiger charge is 2.03. The first-order valence-electron chi connectivity index (χ1n) is 5.06. The molecule has 0 aliphatic rings. The van der Waals surface area contributed by atoms with Gasteiger partial charge in [0.15, 0.2) is 0 Å². The molecular formula is C11H16N4O2. The van der Waals surface area contributed by atoms with Crippen LogP contribution in [0.3, 0.4) is 0 Å². The molecule has 2 aromatic rings. The van der Waals surface area contributed by atoms with E-state index in [4.69, 9.17) is 11.5 Å². The lowest BCUT2D eigenvalue weighted by molar-refractivity contribution is -0.141. The minimum absolute atomic E-state index is 0.375. The number of H-pyrrole nitrogens is 1. The van der Waals surface area contributed by atoms with Crippen molar-refractivity contribution in [2.45, 2.75) is 13.0 Å². The second-order valence-electron chi connectivity index (χ2n) is 3.49. The van der Waals surface area contributed by atoms with Crippen LogP contribution >= 0.6 is 0 Å². The van der Waals surface area contributed by atoms with Crippen LogP contribution in [-0.4, -0.2) is 29.1 Å². The van der Waals surface area contributed by atoms with Crippen LogP contribution in [0.2, 0.25) is 0 Å². The number of imidazole rings is 1. The Hall–Kier alpha value is -2.08. The number of hydrogen-bond donors (Lipinski definition) is 3. The summed E-state index contributed by atoms with van der Waals surface area (Å²) in [5, 5.41) is 0. The lowest BCUT2D eigenvalue weighted by atomic mass is 10.3. The first-order chi connectivity index (χ1) is 8.04. The van der Waals surface area contributed by atoms with Crippen LogP contribution in [0.1, 0.15) is 6.92 Å². The number of nitrogens with zero attached hydrogens (tertiary/aromatic N) is 1. The summed E-state index contributed by atoms with van der Waals surface area (Å²) in [4.78, 5) is 17.2. The fourth-order valence-corrected chi connectivity index (χ4v) is 1.13. The molecule has 1 unspecified atom stereocenters. The number of nitrogen functional groups attached to an aromatic ring is 1. The summed E-state index contributed by atoms with van der Waals surface area (Å²) in [6, 6.07) is 5.11. The molecule has 0 amide bonds. The summed E-state index contributed by atoms with van der Waals surface area (Å²) in [7, 11) is 1.31. The molecule has 0 bridgehead atoms. The monoisotopic (exact) mass is 236 g/mol. The maximum Gasteiger partial charge on any atom is 0.322 e. The summed E-state index contributed by atoms with van der Waals surface area (Å²) < 4.78 is 4.25. The Morgan fingerprint density at radius 1 is 1.53 bits per heavy atom. The number of aromatic nitrogens is 2. The number of anilines is 1. The molecule has 0 aliphatic carbocycles. The van der Waals surface area contributed by atoms with Gasteiger partial charge in [0, 0.05) is 5.69 Å². The van der Waals surface area contributed by atoms with Crippen molar-refractivity contribution in [2.75, 3.05) is 12.8 Å². The fourth-order valence-electron chi connectivity index (χ4n) is 1.13.